The number of nitrogens with zero attached hydrogens (tertiary/aromatic N) is 2. The standard InChI is InChI=1S/C17H25BrN2O/c1-4-7-20-8-5-16(6-9-20)19(3)17(21)14-10-13(2)11-15(18)12-14/h10-12,16H,4-9H2,1-3H3. The molecule has 3 nitrogen and oxygen atoms in total. The van der Waals surface area contributed by atoms with Gasteiger partial charge in [-0.15, -0.1) is 0 Å². The topological polar surface area (TPSA) is 23.6 Å². The molecular weight excluding hydrogens is 328 g/mol. The van der Waals surface area contributed by atoms with Crippen molar-refractivity contribution in [1.82, 2.24) is 9.80 Å². The van der Waals surface area contributed by atoms with Crippen molar-refractivity contribution in [3.05, 3.63) is 33.8 Å². The zero-order valence-corrected chi connectivity index (χ0v) is 14.8. The van der Waals surface area contributed by atoms with Gasteiger partial charge in [-0.1, -0.05) is 22.9 Å². The van der Waals surface area contributed by atoms with Crippen molar-refractivity contribution >= 4 is 21.8 Å². The van der Waals surface area contributed by atoms with E-state index in [0.29, 0.717) is 6.04 Å². The fraction of sp³-hybridized carbons (Fsp3) is 0.588. The van der Waals surface area contributed by atoms with E-state index < -0.39 is 0 Å². The summed E-state index contributed by atoms with van der Waals surface area (Å²) in [6.07, 6.45) is 3.36. The second-order valence-electron chi connectivity index (χ2n) is 6.01. The monoisotopic (exact) mass is 352 g/mol. The van der Waals surface area contributed by atoms with Crippen molar-refractivity contribution < 1.29 is 4.79 Å². The number of carbonyl (C=O) groups excluding carboxylic acids is 1. The number of benzene rings is 1. The van der Waals surface area contributed by atoms with Gasteiger partial charge in [0.2, 0.25) is 0 Å². The normalized spacial score (nSPS) is 17.0. The molecule has 4 heteroatoms. The Labute approximate surface area is 136 Å². The van der Waals surface area contributed by atoms with E-state index in [1.54, 1.807) is 0 Å². The van der Waals surface area contributed by atoms with Crippen molar-refractivity contribution in [1.29, 1.82) is 0 Å². The molecule has 0 unspecified atom stereocenters. The minimum atomic E-state index is 0.133. The molecule has 0 spiro atoms. The predicted octanol–water partition coefficient (Wildman–Crippen LogP) is 3.70. The molecular formula is C17H25BrN2O. The van der Waals surface area contributed by atoms with Crippen LogP contribution < -0.4 is 0 Å². The summed E-state index contributed by atoms with van der Waals surface area (Å²) in [7, 11) is 1.94. The number of hydrogen-bond acceptors (Lipinski definition) is 2. The quantitative estimate of drug-likeness (QED) is 0.824. The van der Waals surface area contributed by atoms with E-state index >= 15 is 0 Å². The van der Waals surface area contributed by atoms with E-state index in [4.69, 9.17) is 0 Å². The molecule has 1 aliphatic heterocycles. The molecule has 0 atom stereocenters. The van der Waals surface area contributed by atoms with Crippen LogP contribution in [0.4, 0.5) is 0 Å². The Morgan fingerprint density at radius 1 is 1.33 bits per heavy atom. The van der Waals surface area contributed by atoms with Gasteiger partial charge < -0.3 is 9.80 Å². The lowest BCUT2D eigenvalue weighted by Gasteiger charge is -2.36. The van der Waals surface area contributed by atoms with E-state index in [9.17, 15) is 4.79 Å². The molecule has 1 heterocycles. The van der Waals surface area contributed by atoms with Crippen LogP contribution >= 0.6 is 15.9 Å². The summed E-state index contributed by atoms with van der Waals surface area (Å²) in [5.41, 5.74) is 1.89. The molecule has 0 radical (unpaired) electrons. The third kappa shape index (κ3) is 4.30. The molecule has 116 valence electrons. The molecule has 1 amide bonds. The van der Waals surface area contributed by atoms with Crippen molar-refractivity contribution in [2.75, 3.05) is 26.7 Å². The van der Waals surface area contributed by atoms with Gasteiger partial charge in [0, 0.05) is 36.2 Å². The molecule has 1 aromatic rings. The van der Waals surface area contributed by atoms with E-state index in [-0.39, 0.29) is 5.91 Å². The average Bonchev–Trinajstić information content (AvgIpc) is 2.46. The summed E-state index contributed by atoms with van der Waals surface area (Å²) in [5, 5.41) is 0. The van der Waals surface area contributed by atoms with E-state index in [1.165, 1.54) is 13.0 Å². The van der Waals surface area contributed by atoms with Gasteiger partial charge >= 0.3 is 0 Å². The molecule has 0 bridgehead atoms. The van der Waals surface area contributed by atoms with E-state index in [0.717, 1.165) is 41.5 Å². The first-order chi connectivity index (χ1) is 10.0. The highest BCUT2D eigenvalue weighted by Crippen LogP contribution is 2.20. The van der Waals surface area contributed by atoms with Crippen LogP contribution in [0.25, 0.3) is 0 Å². The highest BCUT2D eigenvalue weighted by atomic mass is 79.9. The predicted molar refractivity (Wildman–Crippen MR) is 90.7 cm³/mol. The molecule has 1 aromatic carbocycles. The summed E-state index contributed by atoms with van der Waals surface area (Å²) < 4.78 is 0.969. The number of aryl methyl sites for hydroxylation is 1. The van der Waals surface area contributed by atoms with Crippen LogP contribution in [0.2, 0.25) is 0 Å². The van der Waals surface area contributed by atoms with Gasteiger partial charge in [0.25, 0.3) is 5.91 Å². The largest absolute Gasteiger partial charge is 0.339 e. The van der Waals surface area contributed by atoms with Gasteiger partial charge in [0.1, 0.15) is 0 Å². The number of likely N-dealkylation sites (tertiary alicyclic amines) is 1. The number of hydrogen-bond donors (Lipinski definition) is 0. The fourth-order valence-electron chi connectivity index (χ4n) is 3.08. The minimum absolute atomic E-state index is 0.133. The number of carbonyl (C=O) groups is 1. The minimum Gasteiger partial charge on any atom is -0.339 e. The maximum absolute atomic E-state index is 12.6. The maximum Gasteiger partial charge on any atom is 0.253 e. The van der Waals surface area contributed by atoms with Gasteiger partial charge in [-0.05, 0) is 56.5 Å². The van der Waals surface area contributed by atoms with E-state index in [1.807, 2.05) is 37.1 Å². The van der Waals surface area contributed by atoms with Gasteiger partial charge in [-0.3, -0.25) is 4.79 Å². The molecule has 0 saturated carbocycles. The fourth-order valence-corrected chi connectivity index (χ4v) is 3.68. The van der Waals surface area contributed by atoms with Crippen LogP contribution in [-0.2, 0) is 0 Å². The summed E-state index contributed by atoms with van der Waals surface area (Å²) >= 11 is 3.47. The molecule has 0 aliphatic carbocycles. The molecule has 2 rings (SSSR count). The Hall–Kier alpha value is -0.870. The van der Waals surface area contributed by atoms with Crippen molar-refractivity contribution in [3.8, 4) is 0 Å². The molecule has 21 heavy (non-hydrogen) atoms. The smallest absolute Gasteiger partial charge is 0.253 e. The Morgan fingerprint density at radius 2 is 2.00 bits per heavy atom. The zero-order valence-electron chi connectivity index (χ0n) is 13.2. The van der Waals surface area contributed by atoms with Crippen molar-refractivity contribution in [2.24, 2.45) is 0 Å². The first kappa shape index (κ1) is 16.5. The lowest BCUT2D eigenvalue weighted by Crippen LogP contribution is -2.45. The van der Waals surface area contributed by atoms with Gasteiger partial charge in [0.15, 0.2) is 0 Å². The molecule has 1 saturated heterocycles. The zero-order chi connectivity index (χ0) is 15.4. The Bertz CT molecular complexity index is 475. The Balaban J connectivity index is 2.00. The molecule has 1 aliphatic rings. The summed E-state index contributed by atoms with van der Waals surface area (Å²) in [4.78, 5) is 17.1. The number of rotatable bonds is 4. The highest BCUT2D eigenvalue weighted by Gasteiger charge is 2.25. The van der Waals surface area contributed by atoms with Crippen LogP contribution in [0.3, 0.4) is 0 Å². The number of halogens is 1. The number of amides is 1. The molecule has 1 fully saturated rings. The third-order valence-electron chi connectivity index (χ3n) is 4.25. The SMILES string of the molecule is CCCN1CCC(N(C)C(=O)c2cc(C)cc(Br)c2)CC1. The number of piperidine rings is 1. The van der Waals surface area contributed by atoms with Crippen LogP contribution in [0.5, 0.6) is 0 Å². The van der Waals surface area contributed by atoms with Crippen LogP contribution in [0.15, 0.2) is 22.7 Å². The maximum atomic E-state index is 12.6. The van der Waals surface area contributed by atoms with Gasteiger partial charge in [-0.25, -0.2) is 0 Å². The van der Waals surface area contributed by atoms with E-state index in [2.05, 4.69) is 27.8 Å². The van der Waals surface area contributed by atoms with Crippen LogP contribution in [-0.4, -0.2) is 48.4 Å². The van der Waals surface area contributed by atoms with Crippen molar-refractivity contribution in [3.63, 3.8) is 0 Å². The lowest BCUT2D eigenvalue weighted by molar-refractivity contribution is 0.0642. The highest BCUT2D eigenvalue weighted by molar-refractivity contribution is 9.10. The Morgan fingerprint density at radius 3 is 2.57 bits per heavy atom. The van der Waals surface area contributed by atoms with Crippen LogP contribution in [0, 0.1) is 6.92 Å². The van der Waals surface area contributed by atoms with Gasteiger partial charge in [0.05, 0.1) is 0 Å². The first-order valence-electron chi connectivity index (χ1n) is 7.78. The molecule has 0 aromatic heterocycles. The summed E-state index contributed by atoms with van der Waals surface area (Å²) in [5.74, 6) is 0.133. The summed E-state index contributed by atoms with van der Waals surface area (Å²) in [6, 6.07) is 6.28. The second-order valence-corrected chi connectivity index (χ2v) is 6.92. The van der Waals surface area contributed by atoms with Crippen molar-refractivity contribution in [2.45, 2.75) is 39.2 Å². The Kier molecular flexibility index (Phi) is 5.82. The summed E-state index contributed by atoms with van der Waals surface area (Å²) in [6.45, 7) is 7.62. The van der Waals surface area contributed by atoms with Crippen LogP contribution in [0.1, 0.15) is 42.1 Å². The first-order valence-corrected chi connectivity index (χ1v) is 8.57. The average molecular weight is 353 g/mol. The van der Waals surface area contributed by atoms with Gasteiger partial charge in [-0.2, -0.15) is 0 Å². The lowest BCUT2D eigenvalue weighted by atomic mass is 10.0. The second kappa shape index (κ2) is 7.41. The third-order valence-corrected chi connectivity index (χ3v) is 4.71. The molecule has 0 N–H and O–H groups in total.